The van der Waals surface area contributed by atoms with Gasteiger partial charge in [-0.1, -0.05) is 6.92 Å². The highest BCUT2D eigenvalue weighted by Gasteiger charge is 2.09. The number of carbonyl (C=O) groups is 1. The lowest BCUT2D eigenvalue weighted by Crippen LogP contribution is -2.23. The number of nitrogens with two attached hydrogens (primary N) is 1. The molecule has 0 aromatic carbocycles. The number of hydrogen-bond donors (Lipinski definition) is 2. The summed E-state index contributed by atoms with van der Waals surface area (Å²) in [5, 5.41) is 4.93. The van der Waals surface area contributed by atoms with Crippen LogP contribution in [0.3, 0.4) is 0 Å². The van der Waals surface area contributed by atoms with Crippen LogP contribution in [0, 0.1) is 6.92 Å². The van der Waals surface area contributed by atoms with E-state index in [2.05, 4.69) is 10.3 Å². The molecule has 0 fully saturated rings. The zero-order valence-electron chi connectivity index (χ0n) is 11.1. The summed E-state index contributed by atoms with van der Waals surface area (Å²) in [6, 6.07) is 5.44. The molecule has 0 aliphatic heterocycles. The van der Waals surface area contributed by atoms with Crippen LogP contribution in [0.5, 0.6) is 0 Å². The number of nitrogen functional groups attached to an aromatic ring is 1. The monoisotopic (exact) mass is 275 g/mol. The second kappa shape index (κ2) is 5.84. The van der Waals surface area contributed by atoms with Gasteiger partial charge in [-0.15, -0.1) is 11.3 Å². The van der Waals surface area contributed by atoms with Crippen molar-refractivity contribution in [3.05, 3.63) is 45.3 Å². The predicted octanol–water partition coefficient (Wildman–Crippen LogP) is 2.53. The zero-order valence-corrected chi connectivity index (χ0v) is 11.9. The number of carbonyl (C=O) groups excluding carboxylic acids is 1. The first kappa shape index (κ1) is 13.5. The molecule has 0 saturated carbocycles. The predicted molar refractivity (Wildman–Crippen MR) is 78.3 cm³/mol. The molecule has 2 heterocycles. The molecule has 0 spiro atoms. The second-order valence-electron chi connectivity index (χ2n) is 4.34. The Hall–Kier alpha value is -1.88. The maximum absolute atomic E-state index is 12.1. The fourth-order valence-electron chi connectivity index (χ4n) is 1.77. The fourth-order valence-corrected chi connectivity index (χ4v) is 2.62. The molecule has 0 radical (unpaired) electrons. The summed E-state index contributed by atoms with van der Waals surface area (Å²) in [7, 11) is 0. The van der Waals surface area contributed by atoms with Gasteiger partial charge in [0.15, 0.2) is 0 Å². The van der Waals surface area contributed by atoms with Gasteiger partial charge in [0.05, 0.1) is 6.54 Å². The van der Waals surface area contributed by atoms with Crippen LogP contribution < -0.4 is 11.1 Å². The van der Waals surface area contributed by atoms with Crippen LogP contribution >= 0.6 is 11.3 Å². The van der Waals surface area contributed by atoms with Crippen LogP contribution in [0.4, 0.5) is 5.82 Å². The first-order valence-electron chi connectivity index (χ1n) is 6.17. The van der Waals surface area contributed by atoms with Crippen molar-refractivity contribution in [1.29, 1.82) is 0 Å². The standard InChI is InChI=1S/C14H17N3OS/c1-3-11-6-10(7-13(15)17-11)14(18)16-8-12-9(2)4-5-19-12/h4-7H,3,8H2,1-2H3,(H2,15,17)(H,16,18). The Morgan fingerprint density at radius 1 is 1.47 bits per heavy atom. The number of hydrogen-bond acceptors (Lipinski definition) is 4. The van der Waals surface area contributed by atoms with Crippen LogP contribution in [0.25, 0.3) is 0 Å². The number of rotatable bonds is 4. The third-order valence-electron chi connectivity index (χ3n) is 2.90. The first-order valence-corrected chi connectivity index (χ1v) is 7.05. The molecule has 0 aliphatic rings. The molecule has 4 nitrogen and oxygen atoms in total. The topological polar surface area (TPSA) is 68.0 Å². The highest BCUT2D eigenvalue weighted by atomic mass is 32.1. The summed E-state index contributed by atoms with van der Waals surface area (Å²) in [6.45, 7) is 4.57. The molecule has 2 rings (SSSR count). The van der Waals surface area contributed by atoms with Crippen LogP contribution in [-0.2, 0) is 13.0 Å². The Labute approximate surface area is 116 Å². The Bertz CT molecular complexity index is 592. The van der Waals surface area contributed by atoms with Gasteiger partial charge in [-0.05, 0) is 42.5 Å². The highest BCUT2D eigenvalue weighted by molar-refractivity contribution is 7.10. The Kier molecular flexibility index (Phi) is 4.16. The minimum Gasteiger partial charge on any atom is -0.384 e. The number of thiophene rings is 1. The van der Waals surface area contributed by atoms with Crippen LogP contribution in [0.2, 0.25) is 0 Å². The molecule has 5 heteroatoms. The maximum Gasteiger partial charge on any atom is 0.251 e. The van der Waals surface area contributed by atoms with E-state index in [0.717, 1.165) is 12.1 Å². The van der Waals surface area contributed by atoms with Crippen LogP contribution in [0.15, 0.2) is 23.6 Å². The number of anilines is 1. The molecule has 2 aromatic rings. The Balaban J connectivity index is 2.08. The molecule has 0 atom stereocenters. The third-order valence-corrected chi connectivity index (χ3v) is 3.92. The van der Waals surface area contributed by atoms with Crippen molar-refractivity contribution in [2.75, 3.05) is 5.73 Å². The van der Waals surface area contributed by atoms with E-state index >= 15 is 0 Å². The smallest absolute Gasteiger partial charge is 0.251 e. The van der Waals surface area contributed by atoms with E-state index in [1.807, 2.05) is 25.3 Å². The largest absolute Gasteiger partial charge is 0.384 e. The molecule has 0 unspecified atom stereocenters. The van der Waals surface area contributed by atoms with E-state index in [0.29, 0.717) is 17.9 Å². The molecular formula is C14H17N3OS. The molecule has 19 heavy (non-hydrogen) atoms. The SMILES string of the molecule is CCc1cc(C(=O)NCc2sccc2C)cc(N)n1. The summed E-state index contributed by atoms with van der Waals surface area (Å²) < 4.78 is 0. The lowest BCUT2D eigenvalue weighted by Gasteiger charge is -2.07. The van der Waals surface area contributed by atoms with Crippen molar-refractivity contribution < 1.29 is 4.79 Å². The number of nitrogens with zero attached hydrogens (tertiary/aromatic N) is 1. The van der Waals surface area contributed by atoms with E-state index in [1.165, 1.54) is 10.4 Å². The molecule has 0 saturated heterocycles. The van der Waals surface area contributed by atoms with E-state index in [4.69, 9.17) is 5.73 Å². The summed E-state index contributed by atoms with van der Waals surface area (Å²) in [5.41, 5.74) is 8.30. The van der Waals surface area contributed by atoms with Gasteiger partial charge in [-0.3, -0.25) is 4.79 Å². The average molecular weight is 275 g/mol. The molecule has 100 valence electrons. The molecule has 0 bridgehead atoms. The number of aryl methyl sites for hydroxylation is 2. The Morgan fingerprint density at radius 2 is 2.26 bits per heavy atom. The molecule has 2 aromatic heterocycles. The van der Waals surface area contributed by atoms with Crippen LogP contribution in [0.1, 0.15) is 33.4 Å². The van der Waals surface area contributed by atoms with Gasteiger partial charge >= 0.3 is 0 Å². The minimum absolute atomic E-state index is 0.114. The first-order chi connectivity index (χ1) is 9.10. The van der Waals surface area contributed by atoms with Gasteiger partial charge in [0.25, 0.3) is 5.91 Å². The Morgan fingerprint density at radius 3 is 2.89 bits per heavy atom. The summed E-state index contributed by atoms with van der Waals surface area (Å²) in [6.07, 6.45) is 0.759. The number of aromatic nitrogens is 1. The number of pyridine rings is 1. The van der Waals surface area contributed by atoms with Gasteiger partial charge in [0.2, 0.25) is 0 Å². The van der Waals surface area contributed by atoms with Gasteiger partial charge in [-0.25, -0.2) is 4.98 Å². The van der Waals surface area contributed by atoms with Gasteiger partial charge < -0.3 is 11.1 Å². The van der Waals surface area contributed by atoms with Crippen molar-refractivity contribution in [1.82, 2.24) is 10.3 Å². The van der Waals surface area contributed by atoms with E-state index in [9.17, 15) is 4.79 Å². The molecule has 3 N–H and O–H groups in total. The molecule has 0 aliphatic carbocycles. The average Bonchev–Trinajstić information content (AvgIpc) is 2.80. The summed E-state index contributed by atoms with van der Waals surface area (Å²) in [5.74, 6) is 0.272. The number of amides is 1. The van der Waals surface area contributed by atoms with Gasteiger partial charge in [-0.2, -0.15) is 0 Å². The van der Waals surface area contributed by atoms with Crippen molar-refractivity contribution in [2.45, 2.75) is 26.8 Å². The summed E-state index contributed by atoms with van der Waals surface area (Å²) in [4.78, 5) is 17.4. The van der Waals surface area contributed by atoms with Gasteiger partial charge in [0, 0.05) is 16.1 Å². The number of nitrogens with one attached hydrogen (secondary N) is 1. The lowest BCUT2D eigenvalue weighted by atomic mass is 10.2. The van der Waals surface area contributed by atoms with Crippen molar-refractivity contribution >= 4 is 23.1 Å². The molecule has 1 amide bonds. The van der Waals surface area contributed by atoms with Gasteiger partial charge in [0.1, 0.15) is 5.82 Å². The van der Waals surface area contributed by atoms with Crippen molar-refractivity contribution in [2.24, 2.45) is 0 Å². The zero-order chi connectivity index (χ0) is 13.8. The van der Waals surface area contributed by atoms with Crippen molar-refractivity contribution in [3.8, 4) is 0 Å². The van der Waals surface area contributed by atoms with E-state index < -0.39 is 0 Å². The van der Waals surface area contributed by atoms with E-state index in [-0.39, 0.29) is 5.91 Å². The molecular weight excluding hydrogens is 258 g/mol. The lowest BCUT2D eigenvalue weighted by molar-refractivity contribution is 0.0951. The maximum atomic E-state index is 12.1. The minimum atomic E-state index is -0.114. The quantitative estimate of drug-likeness (QED) is 0.901. The highest BCUT2D eigenvalue weighted by Crippen LogP contribution is 2.15. The summed E-state index contributed by atoms with van der Waals surface area (Å²) >= 11 is 1.65. The normalized spacial score (nSPS) is 10.4. The van der Waals surface area contributed by atoms with E-state index in [1.54, 1.807) is 23.5 Å². The third kappa shape index (κ3) is 3.32. The fraction of sp³-hybridized carbons (Fsp3) is 0.286. The van der Waals surface area contributed by atoms with Crippen molar-refractivity contribution in [3.63, 3.8) is 0 Å². The van der Waals surface area contributed by atoms with Crippen LogP contribution in [-0.4, -0.2) is 10.9 Å². The second-order valence-corrected chi connectivity index (χ2v) is 5.34.